The quantitative estimate of drug-likeness (QED) is 0.655. The van der Waals surface area contributed by atoms with Gasteiger partial charge in [0.05, 0.1) is 39.1 Å². The number of ether oxygens (including phenoxy) is 5. The summed E-state index contributed by atoms with van der Waals surface area (Å²) < 4.78 is 27.3. The van der Waals surface area contributed by atoms with Gasteiger partial charge in [-0.1, -0.05) is 6.92 Å². The third kappa shape index (κ3) is 2.38. The lowest BCUT2D eigenvalue weighted by Gasteiger charge is -2.41. The Hall–Kier alpha value is -0.200. The molecule has 1 spiro atoms. The molecule has 3 rings (SSSR count). The van der Waals surface area contributed by atoms with Gasteiger partial charge in [-0.15, -0.1) is 0 Å². The Bertz CT molecular complexity index is 235. The minimum absolute atomic E-state index is 0.393. The van der Waals surface area contributed by atoms with E-state index >= 15 is 0 Å². The molecule has 1 atom stereocenters. The molecule has 3 aliphatic rings. The maximum Gasteiger partial charge on any atom is 0.412 e. The molecule has 0 radical (unpaired) electrons. The normalized spacial score (nSPS) is 48.2. The third-order valence-electron chi connectivity index (χ3n) is 3.08. The van der Waals surface area contributed by atoms with Gasteiger partial charge in [0.1, 0.15) is 0 Å². The molecule has 16 heavy (non-hydrogen) atoms. The van der Waals surface area contributed by atoms with E-state index in [0.29, 0.717) is 44.4 Å². The summed E-state index contributed by atoms with van der Waals surface area (Å²) in [6.07, 6.45) is 0.208. The second-order valence-electron chi connectivity index (χ2n) is 4.91. The molecular weight excluding hydrogens is 212 g/mol. The Balaban J connectivity index is 1.49. The summed E-state index contributed by atoms with van der Waals surface area (Å²) in [7, 11) is 0. The Morgan fingerprint density at radius 2 is 1.50 bits per heavy atom. The lowest BCUT2D eigenvalue weighted by atomic mass is 10.1. The second-order valence-corrected chi connectivity index (χ2v) is 4.91. The first-order chi connectivity index (χ1) is 7.76. The third-order valence-corrected chi connectivity index (χ3v) is 3.08. The van der Waals surface area contributed by atoms with Crippen LogP contribution in [-0.2, 0) is 23.7 Å². The fraction of sp³-hybridized carbons (Fsp3) is 1.00. The smallest absolute Gasteiger partial charge is 0.373 e. The van der Waals surface area contributed by atoms with E-state index in [2.05, 4.69) is 6.92 Å². The maximum atomic E-state index is 5.57. The van der Waals surface area contributed by atoms with Crippen LogP contribution in [0.25, 0.3) is 0 Å². The van der Waals surface area contributed by atoms with E-state index in [1.807, 2.05) is 0 Å². The van der Waals surface area contributed by atoms with Crippen LogP contribution in [0.3, 0.4) is 0 Å². The van der Waals surface area contributed by atoms with E-state index < -0.39 is 6.16 Å². The van der Waals surface area contributed by atoms with Crippen LogP contribution in [0.1, 0.15) is 13.3 Å². The molecule has 0 aromatic rings. The Kier molecular flexibility index (Phi) is 2.89. The van der Waals surface area contributed by atoms with E-state index in [1.54, 1.807) is 0 Å². The van der Waals surface area contributed by atoms with Crippen LogP contribution in [0.5, 0.6) is 0 Å². The van der Waals surface area contributed by atoms with Crippen LogP contribution in [0.4, 0.5) is 0 Å². The van der Waals surface area contributed by atoms with Crippen LogP contribution < -0.4 is 0 Å². The van der Waals surface area contributed by atoms with E-state index in [0.717, 1.165) is 13.0 Å². The molecule has 0 saturated carbocycles. The van der Waals surface area contributed by atoms with Gasteiger partial charge in [-0.25, -0.2) is 0 Å². The Morgan fingerprint density at radius 3 is 2.06 bits per heavy atom. The van der Waals surface area contributed by atoms with Gasteiger partial charge in [0, 0.05) is 11.8 Å². The van der Waals surface area contributed by atoms with Gasteiger partial charge in [-0.2, -0.15) is 0 Å². The minimum atomic E-state index is -1.21. The highest BCUT2D eigenvalue weighted by Crippen LogP contribution is 2.31. The molecule has 0 amide bonds. The van der Waals surface area contributed by atoms with Gasteiger partial charge in [0.15, 0.2) is 0 Å². The van der Waals surface area contributed by atoms with E-state index in [9.17, 15) is 0 Å². The van der Waals surface area contributed by atoms with Crippen molar-refractivity contribution in [3.05, 3.63) is 0 Å². The van der Waals surface area contributed by atoms with Crippen molar-refractivity contribution >= 4 is 0 Å². The highest BCUT2D eigenvalue weighted by Gasteiger charge is 2.45. The van der Waals surface area contributed by atoms with Crippen molar-refractivity contribution in [2.75, 3.05) is 33.0 Å². The molecule has 3 saturated heterocycles. The number of hydrogen-bond donors (Lipinski definition) is 0. The topological polar surface area (TPSA) is 49.5 Å². The summed E-state index contributed by atoms with van der Waals surface area (Å²) in [6, 6.07) is 0. The summed E-state index contributed by atoms with van der Waals surface area (Å²) in [6.45, 7) is 5.43. The van der Waals surface area contributed by atoms with Gasteiger partial charge in [0.25, 0.3) is 0 Å². The Morgan fingerprint density at radius 1 is 0.938 bits per heavy atom. The molecule has 0 bridgehead atoms. The van der Waals surface area contributed by atoms with E-state index in [4.69, 9.17) is 23.7 Å². The average molecular weight is 230 g/mol. The first kappa shape index (κ1) is 10.9. The largest absolute Gasteiger partial charge is 0.412 e. The van der Waals surface area contributed by atoms with Crippen LogP contribution in [0.2, 0.25) is 0 Å². The van der Waals surface area contributed by atoms with Crippen molar-refractivity contribution in [2.24, 2.45) is 11.8 Å². The molecule has 3 aliphatic heterocycles. The van der Waals surface area contributed by atoms with Crippen molar-refractivity contribution in [1.29, 1.82) is 0 Å². The molecule has 5 heteroatoms. The van der Waals surface area contributed by atoms with Crippen LogP contribution >= 0.6 is 0 Å². The molecule has 3 heterocycles. The van der Waals surface area contributed by atoms with Crippen molar-refractivity contribution < 1.29 is 23.7 Å². The van der Waals surface area contributed by atoms with Crippen molar-refractivity contribution in [3.8, 4) is 0 Å². The zero-order chi connectivity index (χ0) is 11.0. The Labute approximate surface area is 94.9 Å². The second kappa shape index (κ2) is 4.23. The number of rotatable bonds is 2. The summed E-state index contributed by atoms with van der Waals surface area (Å²) in [5.41, 5.74) is 0. The van der Waals surface area contributed by atoms with Crippen LogP contribution in [-0.4, -0.2) is 45.3 Å². The molecule has 0 N–H and O–H groups in total. The molecule has 3 fully saturated rings. The van der Waals surface area contributed by atoms with Crippen molar-refractivity contribution in [3.63, 3.8) is 0 Å². The molecule has 0 aliphatic carbocycles. The monoisotopic (exact) mass is 230 g/mol. The first-order valence-electron chi connectivity index (χ1n) is 5.93. The average Bonchev–Trinajstić information content (AvgIpc) is 3.10. The SMILES string of the molecule is CC1COC2(OC1)OCC(CC1CO1)CO2. The highest BCUT2D eigenvalue weighted by atomic mass is 17.0. The minimum Gasteiger partial charge on any atom is -0.373 e. The van der Waals surface area contributed by atoms with Gasteiger partial charge in [-0.3, -0.25) is 0 Å². The molecule has 1 unspecified atom stereocenters. The van der Waals surface area contributed by atoms with Crippen molar-refractivity contribution in [2.45, 2.75) is 25.6 Å². The van der Waals surface area contributed by atoms with Crippen LogP contribution in [0.15, 0.2) is 0 Å². The first-order valence-corrected chi connectivity index (χ1v) is 5.93. The zero-order valence-electron chi connectivity index (χ0n) is 9.52. The molecule has 0 aromatic heterocycles. The van der Waals surface area contributed by atoms with Gasteiger partial charge in [-0.05, 0) is 6.42 Å². The van der Waals surface area contributed by atoms with Gasteiger partial charge >= 0.3 is 6.16 Å². The predicted octanol–water partition coefficient (Wildman–Crippen LogP) is 0.732. The lowest BCUT2D eigenvalue weighted by molar-refractivity contribution is -0.534. The van der Waals surface area contributed by atoms with E-state index in [1.165, 1.54) is 0 Å². The fourth-order valence-electron chi connectivity index (χ4n) is 1.99. The number of hydrogen-bond acceptors (Lipinski definition) is 5. The highest BCUT2D eigenvalue weighted by molar-refractivity contribution is 4.76. The fourth-order valence-corrected chi connectivity index (χ4v) is 1.99. The molecule has 92 valence electrons. The summed E-state index contributed by atoms with van der Waals surface area (Å²) in [5.74, 6) is 0.792. The summed E-state index contributed by atoms with van der Waals surface area (Å²) >= 11 is 0. The van der Waals surface area contributed by atoms with E-state index in [-0.39, 0.29) is 0 Å². The summed E-state index contributed by atoms with van der Waals surface area (Å²) in [5, 5.41) is 0. The lowest BCUT2D eigenvalue weighted by Crippen LogP contribution is -2.52. The number of epoxide rings is 1. The van der Waals surface area contributed by atoms with Crippen LogP contribution in [0, 0.1) is 11.8 Å². The molecular formula is C11H18O5. The zero-order valence-corrected chi connectivity index (χ0v) is 9.52. The molecule has 5 nitrogen and oxygen atoms in total. The van der Waals surface area contributed by atoms with Gasteiger partial charge < -0.3 is 23.7 Å². The predicted molar refractivity (Wildman–Crippen MR) is 53.6 cm³/mol. The maximum absolute atomic E-state index is 5.57. The van der Waals surface area contributed by atoms with Crippen molar-refractivity contribution in [1.82, 2.24) is 0 Å². The summed E-state index contributed by atoms with van der Waals surface area (Å²) in [4.78, 5) is 0. The standard InChI is InChI=1S/C11H18O5/c1-8-3-13-11(14-4-8)15-5-9(6-16-11)2-10-7-12-10/h8-10H,2-7H2,1H3. The molecule has 0 aromatic carbocycles. The van der Waals surface area contributed by atoms with Gasteiger partial charge in [0.2, 0.25) is 0 Å².